The first-order chi connectivity index (χ1) is 14.3. The molecule has 4 nitrogen and oxygen atoms in total. The van der Waals surface area contributed by atoms with Crippen LogP contribution in [0.2, 0.25) is 0 Å². The van der Waals surface area contributed by atoms with Crippen molar-refractivity contribution in [1.82, 2.24) is 10.2 Å². The molecule has 1 heterocycles. The number of amides is 1. The fourth-order valence-corrected chi connectivity index (χ4v) is 3.76. The molecule has 1 fully saturated rings. The minimum atomic E-state index is -0.136. The Morgan fingerprint density at radius 1 is 0.862 bits per heavy atom. The van der Waals surface area contributed by atoms with Gasteiger partial charge in [-0.05, 0) is 16.7 Å². The molecule has 29 heavy (non-hydrogen) atoms. The molecular weight excluding hydrogens is 360 g/mol. The molecule has 1 aliphatic heterocycles. The molecule has 1 aliphatic rings. The molecule has 1 N–H and O–H groups in total. The van der Waals surface area contributed by atoms with E-state index >= 15 is 0 Å². The second kappa shape index (κ2) is 9.50. The van der Waals surface area contributed by atoms with Crippen molar-refractivity contribution in [3.63, 3.8) is 0 Å². The quantitative estimate of drug-likeness (QED) is 0.659. The van der Waals surface area contributed by atoms with Crippen molar-refractivity contribution in [2.75, 3.05) is 6.61 Å². The summed E-state index contributed by atoms with van der Waals surface area (Å²) in [6.07, 6.45) is 0.284. The highest BCUT2D eigenvalue weighted by Crippen LogP contribution is 2.33. The lowest BCUT2D eigenvalue weighted by molar-refractivity contribution is -0.122. The van der Waals surface area contributed by atoms with Crippen molar-refractivity contribution in [2.24, 2.45) is 0 Å². The van der Waals surface area contributed by atoms with Crippen LogP contribution in [0.3, 0.4) is 0 Å². The molecule has 1 saturated heterocycles. The topological polar surface area (TPSA) is 41.6 Å². The fourth-order valence-electron chi connectivity index (χ4n) is 3.76. The van der Waals surface area contributed by atoms with Crippen LogP contribution in [-0.2, 0) is 22.6 Å². The van der Waals surface area contributed by atoms with Crippen LogP contribution in [0.25, 0.3) is 0 Å². The highest BCUT2D eigenvalue weighted by Gasteiger charge is 2.36. The third-order valence-electron chi connectivity index (χ3n) is 5.26. The number of carbonyl (C=O) groups excluding carboxylic acids is 1. The first kappa shape index (κ1) is 19.4. The summed E-state index contributed by atoms with van der Waals surface area (Å²) in [5.74, 6) is 0.0502. The Bertz CT molecular complexity index is 900. The zero-order valence-electron chi connectivity index (χ0n) is 16.4. The zero-order chi connectivity index (χ0) is 19.9. The highest BCUT2D eigenvalue weighted by atomic mass is 16.5. The predicted molar refractivity (Wildman–Crippen MR) is 114 cm³/mol. The number of nitrogens with one attached hydrogen (secondary N) is 1. The monoisotopic (exact) mass is 386 g/mol. The Morgan fingerprint density at radius 2 is 1.45 bits per heavy atom. The van der Waals surface area contributed by atoms with Gasteiger partial charge in [-0.25, -0.2) is 0 Å². The minimum absolute atomic E-state index is 0.0381. The number of benzene rings is 3. The predicted octanol–water partition coefficient (Wildman–Crippen LogP) is 4.29. The van der Waals surface area contributed by atoms with E-state index in [0.29, 0.717) is 19.6 Å². The number of carbonyl (C=O) groups is 1. The maximum Gasteiger partial charge on any atom is 0.221 e. The number of rotatable bonds is 7. The Hall–Kier alpha value is -2.95. The first-order valence-corrected chi connectivity index (χ1v) is 10.1. The Balaban J connectivity index is 1.45. The first-order valence-electron chi connectivity index (χ1n) is 10.1. The number of nitrogens with zero attached hydrogens (tertiary/aromatic N) is 1. The average Bonchev–Trinajstić information content (AvgIpc) is 3.16. The van der Waals surface area contributed by atoms with Gasteiger partial charge >= 0.3 is 0 Å². The largest absolute Gasteiger partial charge is 0.357 e. The van der Waals surface area contributed by atoms with Gasteiger partial charge in [0.25, 0.3) is 0 Å². The van der Waals surface area contributed by atoms with E-state index in [9.17, 15) is 4.79 Å². The van der Waals surface area contributed by atoms with Crippen LogP contribution in [0, 0.1) is 0 Å². The molecule has 4 heteroatoms. The van der Waals surface area contributed by atoms with E-state index in [0.717, 1.165) is 17.7 Å². The smallest absolute Gasteiger partial charge is 0.221 e. The highest BCUT2D eigenvalue weighted by molar-refractivity contribution is 5.76. The van der Waals surface area contributed by atoms with Gasteiger partial charge < -0.3 is 10.1 Å². The van der Waals surface area contributed by atoms with Gasteiger partial charge in [0.05, 0.1) is 6.61 Å². The molecule has 0 bridgehead atoms. The van der Waals surface area contributed by atoms with Crippen molar-refractivity contribution in [1.29, 1.82) is 0 Å². The van der Waals surface area contributed by atoms with Gasteiger partial charge in [0.2, 0.25) is 5.91 Å². The molecule has 2 atom stereocenters. The average molecular weight is 386 g/mol. The summed E-state index contributed by atoms with van der Waals surface area (Å²) < 4.78 is 6.15. The summed E-state index contributed by atoms with van der Waals surface area (Å²) >= 11 is 0. The molecule has 0 aliphatic carbocycles. The lowest BCUT2D eigenvalue weighted by Gasteiger charge is -2.28. The van der Waals surface area contributed by atoms with Crippen molar-refractivity contribution in [2.45, 2.75) is 31.8 Å². The molecule has 0 radical (unpaired) electrons. The van der Waals surface area contributed by atoms with Crippen LogP contribution in [0.5, 0.6) is 0 Å². The summed E-state index contributed by atoms with van der Waals surface area (Å²) in [5, 5.41) is 3.04. The Morgan fingerprint density at radius 3 is 2.10 bits per heavy atom. The van der Waals surface area contributed by atoms with Crippen LogP contribution in [0.4, 0.5) is 0 Å². The Labute approximate surface area is 172 Å². The van der Waals surface area contributed by atoms with Gasteiger partial charge in [0, 0.05) is 25.6 Å². The van der Waals surface area contributed by atoms with E-state index in [4.69, 9.17) is 4.74 Å². The molecule has 3 aromatic carbocycles. The summed E-state index contributed by atoms with van der Waals surface area (Å²) in [5.41, 5.74) is 3.44. The van der Waals surface area contributed by atoms with E-state index in [-0.39, 0.29) is 18.2 Å². The standard InChI is InChI=1S/C25H26N2O2/c28-24(26-17-20-10-4-1-5-11-20)16-23-19-29-25(22-14-8-3-9-15-22)27(23)18-21-12-6-2-7-13-21/h1-15,23,25H,16-19H2,(H,26,28)/t23-,25+/m1/s1. The van der Waals surface area contributed by atoms with Crippen LogP contribution in [0.1, 0.15) is 29.3 Å². The van der Waals surface area contributed by atoms with Gasteiger partial charge in [-0.2, -0.15) is 0 Å². The van der Waals surface area contributed by atoms with Crippen molar-refractivity contribution >= 4 is 5.91 Å². The van der Waals surface area contributed by atoms with Crippen molar-refractivity contribution in [3.8, 4) is 0 Å². The molecule has 148 valence electrons. The van der Waals surface area contributed by atoms with Crippen LogP contribution in [-0.4, -0.2) is 23.5 Å². The lowest BCUT2D eigenvalue weighted by Crippen LogP contribution is -2.37. The molecule has 1 amide bonds. The Kier molecular flexibility index (Phi) is 6.35. The molecule has 4 rings (SSSR count). The van der Waals surface area contributed by atoms with Gasteiger partial charge in [-0.1, -0.05) is 91.0 Å². The lowest BCUT2D eigenvalue weighted by atomic mass is 10.1. The summed E-state index contributed by atoms with van der Waals surface area (Å²) in [4.78, 5) is 14.9. The second-order valence-corrected chi connectivity index (χ2v) is 7.37. The maximum atomic E-state index is 12.6. The van der Waals surface area contributed by atoms with Gasteiger partial charge in [-0.15, -0.1) is 0 Å². The zero-order valence-corrected chi connectivity index (χ0v) is 16.4. The summed E-state index contributed by atoms with van der Waals surface area (Å²) in [7, 11) is 0. The van der Waals surface area contributed by atoms with Gasteiger partial charge in [-0.3, -0.25) is 9.69 Å². The third kappa shape index (κ3) is 5.11. The van der Waals surface area contributed by atoms with E-state index < -0.39 is 0 Å². The third-order valence-corrected chi connectivity index (χ3v) is 5.26. The summed E-state index contributed by atoms with van der Waals surface area (Å²) in [6, 6.07) is 30.6. The normalized spacial score (nSPS) is 19.2. The van der Waals surface area contributed by atoms with Crippen molar-refractivity contribution < 1.29 is 9.53 Å². The number of hydrogen-bond acceptors (Lipinski definition) is 3. The number of hydrogen-bond donors (Lipinski definition) is 1. The maximum absolute atomic E-state index is 12.6. The van der Waals surface area contributed by atoms with Gasteiger partial charge in [0.15, 0.2) is 0 Å². The molecule has 0 aromatic heterocycles. The number of ether oxygens (including phenoxy) is 1. The molecule has 3 aromatic rings. The van der Waals surface area contributed by atoms with E-state index in [1.54, 1.807) is 0 Å². The van der Waals surface area contributed by atoms with E-state index in [2.05, 4.69) is 34.5 Å². The molecular formula is C25H26N2O2. The van der Waals surface area contributed by atoms with E-state index in [1.807, 2.05) is 66.7 Å². The van der Waals surface area contributed by atoms with Crippen molar-refractivity contribution in [3.05, 3.63) is 108 Å². The van der Waals surface area contributed by atoms with Gasteiger partial charge in [0.1, 0.15) is 6.23 Å². The van der Waals surface area contributed by atoms with Crippen LogP contribution >= 0.6 is 0 Å². The molecule has 0 unspecified atom stereocenters. The fraction of sp³-hybridized carbons (Fsp3) is 0.240. The molecule has 0 spiro atoms. The summed E-state index contributed by atoms with van der Waals surface area (Å²) in [6.45, 7) is 1.84. The minimum Gasteiger partial charge on any atom is -0.357 e. The molecule has 0 saturated carbocycles. The van der Waals surface area contributed by atoms with E-state index in [1.165, 1.54) is 5.56 Å². The SMILES string of the molecule is O=C(C[C@@H]1CO[C@@H](c2ccccc2)N1Cc1ccccc1)NCc1ccccc1. The van der Waals surface area contributed by atoms with Crippen LogP contribution < -0.4 is 5.32 Å². The van der Waals surface area contributed by atoms with Crippen LogP contribution in [0.15, 0.2) is 91.0 Å². The second-order valence-electron chi connectivity index (χ2n) is 7.37.